The van der Waals surface area contributed by atoms with Crippen molar-refractivity contribution >= 4 is 24.2 Å². The average Bonchev–Trinajstić information content (AvgIpc) is 3.54. The molecule has 10 heteroatoms. The number of carbonyl (C=O) groups is 4. The molecular formula is C37H50O10. The minimum Gasteiger partial charge on any atom is -0.507 e. The Morgan fingerprint density at radius 2 is 1.38 bits per heavy atom. The molecule has 0 amide bonds. The molecule has 0 saturated heterocycles. The molecule has 0 bridgehead atoms. The number of methoxy groups -OCH3 is 1. The number of hydrogen-bond acceptors (Lipinski definition) is 8. The summed E-state index contributed by atoms with van der Waals surface area (Å²) in [5, 5.41) is 38.0. The van der Waals surface area contributed by atoms with E-state index in [0.29, 0.717) is 18.3 Å². The lowest BCUT2D eigenvalue weighted by Crippen LogP contribution is -2.14. The molecule has 1 unspecified atom stereocenters. The van der Waals surface area contributed by atoms with Crippen molar-refractivity contribution in [3.8, 4) is 23.0 Å². The number of phenolic OH excluding ortho intramolecular Hbond substituents is 1. The number of carboxylic acids is 2. The van der Waals surface area contributed by atoms with E-state index in [4.69, 9.17) is 14.6 Å². The van der Waals surface area contributed by atoms with Crippen LogP contribution < -0.4 is 9.47 Å². The molecule has 0 spiro atoms. The molecule has 0 aromatic heterocycles. The van der Waals surface area contributed by atoms with Gasteiger partial charge in [-0.15, -0.1) is 0 Å². The van der Waals surface area contributed by atoms with Gasteiger partial charge >= 0.3 is 17.9 Å². The van der Waals surface area contributed by atoms with E-state index in [-0.39, 0.29) is 39.3 Å². The van der Waals surface area contributed by atoms with Crippen LogP contribution in [0.5, 0.6) is 23.0 Å². The molecule has 47 heavy (non-hydrogen) atoms. The topological polar surface area (TPSA) is 168 Å². The molecular weight excluding hydrogens is 604 g/mol. The SMILES string of the molecule is COc1cc(C)c(C(=O)Oc2cc(C)c(O)c(C(=O)O)c2C)c(O)c1C=O.O=C(O)CCCCCCCCCCCCC1C=CCC1. The average molecular weight is 655 g/mol. The highest BCUT2D eigenvalue weighted by Crippen LogP contribution is 2.36. The van der Waals surface area contributed by atoms with Crippen LogP contribution in [0.4, 0.5) is 0 Å². The summed E-state index contributed by atoms with van der Waals surface area (Å²) >= 11 is 0. The molecule has 1 aliphatic rings. The number of benzene rings is 2. The number of aromatic hydroxyl groups is 2. The fourth-order valence-electron chi connectivity index (χ4n) is 5.75. The number of aliphatic carboxylic acids is 1. The van der Waals surface area contributed by atoms with Crippen molar-refractivity contribution in [2.45, 2.75) is 111 Å². The monoisotopic (exact) mass is 654 g/mol. The van der Waals surface area contributed by atoms with E-state index in [2.05, 4.69) is 12.2 Å². The zero-order valence-electron chi connectivity index (χ0n) is 28.1. The number of rotatable bonds is 18. The molecule has 4 N–H and O–H groups in total. The third-order valence-electron chi connectivity index (χ3n) is 8.49. The number of ether oxygens (including phenoxy) is 2. The second kappa shape index (κ2) is 20.0. The number of aldehydes is 1. The Hall–Kier alpha value is -4.34. The molecule has 0 aliphatic heterocycles. The van der Waals surface area contributed by atoms with Gasteiger partial charge in [0.2, 0.25) is 0 Å². The Bertz CT molecular complexity index is 1410. The van der Waals surface area contributed by atoms with Gasteiger partial charge in [-0.05, 0) is 75.6 Å². The Morgan fingerprint density at radius 1 is 0.809 bits per heavy atom. The highest BCUT2D eigenvalue weighted by atomic mass is 16.5. The molecule has 2 aromatic rings. The Balaban J connectivity index is 0.000000343. The van der Waals surface area contributed by atoms with Gasteiger partial charge in [0.1, 0.15) is 34.1 Å². The predicted molar refractivity (Wildman–Crippen MR) is 179 cm³/mol. The second-order valence-corrected chi connectivity index (χ2v) is 12.1. The molecule has 1 aliphatic carbocycles. The number of hydrogen-bond donors (Lipinski definition) is 4. The maximum atomic E-state index is 12.6. The third kappa shape index (κ3) is 12.1. The number of phenols is 2. The number of esters is 1. The zero-order valence-corrected chi connectivity index (χ0v) is 28.1. The molecule has 0 fully saturated rings. The van der Waals surface area contributed by atoms with Crippen LogP contribution in [0.2, 0.25) is 0 Å². The number of carbonyl (C=O) groups excluding carboxylic acids is 2. The number of carboxylic acid groups (broad SMARTS) is 2. The summed E-state index contributed by atoms with van der Waals surface area (Å²) in [4.78, 5) is 45.5. The first-order valence-electron chi connectivity index (χ1n) is 16.5. The number of aromatic carboxylic acids is 1. The van der Waals surface area contributed by atoms with Gasteiger partial charge in [-0.2, -0.15) is 0 Å². The normalized spacial score (nSPS) is 13.5. The van der Waals surface area contributed by atoms with Crippen LogP contribution in [0.25, 0.3) is 0 Å². The zero-order chi connectivity index (χ0) is 34.9. The van der Waals surface area contributed by atoms with E-state index in [1.807, 2.05) is 0 Å². The third-order valence-corrected chi connectivity index (χ3v) is 8.49. The Kier molecular flexibility index (Phi) is 16.5. The van der Waals surface area contributed by atoms with Gasteiger partial charge in [0.25, 0.3) is 0 Å². The summed E-state index contributed by atoms with van der Waals surface area (Å²) in [7, 11) is 1.31. The first-order valence-corrected chi connectivity index (χ1v) is 16.5. The Morgan fingerprint density at radius 3 is 1.89 bits per heavy atom. The van der Waals surface area contributed by atoms with Crippen LogP contribution in [0, 0.1) is 26.7 Å². The van der Waals surface area contributed by atoms with Crippen LogP contribution in [-0.2, 0) is 4.79 Å². The summed E-state index contributed by atoms with van der Waals surface area (Å²) in [5.41, 5.74) is -0.307. The van der Waals surface area contributed by atoms with Crippen LogP contribution in [-0.4, -0.2) is 51.7 Å². The van der Waals surface area contributed by atoms with Gasteiger partial charge in [0, 0.05) is 12.0 Å². The summed E-state index contributed by atoms with van der Waals surface area (Å²) in [6.45, 7) is 4.35. The van der Waals surface area contributed by atoms with Gasteiger partial charge in [-0.3, -0.25) is 9.59 Å². The molecule has 0 heterocycles. The van der Waals surface area contributed by atoms with Crippen molar-refractivity contribution in [2.75, 3.05) is 7.11 Å². The van der Waals surface area contributed by atoms with E-state index in [1.165, 1.54) is 111 Å². The van der Waals surface area contributed by atoms with E-state index in [1.54, 1.807) is 0 Å². The van der Waals surface area contributed by atoms with Crippen molar-refractivity contribution in [3.63, 3.8) is 0 Å². The summed E-state index contributed by atoms with van der Waals surface area (Å²) in [5.74, 6) is -3.14. The Labute approximate surface area is 277 Å². The highest BCUT2D eigenvalue weighted by Gasteiger charge is 2.26. The fourth-order valence-corrected chi connectivity index (χ4v) is 5.75. The van der Waals surface area contributed by atoms with Crippen molar-refractivity contribution in [3.05, 3.63) is 57.7 Å². The van der Waals surface area contributed by atoms with E-state index in [0.717, 1.165) is 18.8 Å². The second-order valence-electron chi connectivity index (χ2n) is 12.1. The number of unbranched alkanes of at least 4 members (excludes halogenated alkanes) is 9. The minimum absolute atomic E-state index is 0.0419. The summed E-state index contributed by atoms with van der Waals surface area (Å²) < 4.78 is 10.3. The molecule has 258 valence electrons. The quantitative estimate of drug-likeness (QED) is 0.0402. The van der Waals surface area contributed by atoms with E-state index < -0.39 is 29.4 Å². The van der Waals surface area contributed by atoms with E-state index >= 15 is 0 Å². The van der Waals surface area contributed by atoms with Gasteiger partial charge in [0.05, 0.1) is 12.7 Å². The van der Waals surface area contributed by atoms with Crippen molar-refractivity contribution in [2.24, 2.45) is 5.92 Å². The molecule has 3 rings (SSSR count). The first-order chi connectivity index (χ1) is 22.4. The van der Waals surface area contributed by atoms with Gasteiger partial charge in [-0.25, -0.2) is 9.59 Å². The fraction of sp³-hybridized carbons (Fsp3) is 0.514. The number of aryl methyl sites for hydroxylation is 2. The molecule has 1 atom stereocenters. The minimum atomic E-state index is -1.38. The van der Waals surface area contributed by atoms with Crippen molar-refractivity contribution in [1.82, 2.24) is 0 Å². The molecule has 0 saturated carbocycles. The van der Waals surface area contributed by atoms with Gasteiger partial charge in [0.15, 0.2) is 6.29 Å². The first kappa shape index (κ1) is 38.8. The highest BCUT2D eigenvalue weighted by molar-refractivity contribution is 6.00. The summed E-state index contributed by atoms with van der Waals surface area (Å²) in [6, 6.07) is 2.71. The smallest absolute Gasteiger partial charge is 0.347 e. The maximum Gasteiger partial charge on any atom is 0.347 e. The lowest BCUT2D eigenvalue weighted by molar-refractivity contribution is -0.137. The molecule has 2 aromatic carbocycles. The van der Waals surface area contributed by atoms with Crippen LogP contribution >= 0.6 is 0 Å². The van der Waals surface area contributed by atoms with Crippen LogP contribution in [0.1, 0.15) is 138 Å². The summed E-state index contributed by atoms with van der Waals surface area (Å²) in [6.07, 6.45) is 22.3. The molecule has 0 radical (unpaired) electrons. The van der Waals surface area contributed by atoms with Crippen molar-refractivity contribution < 1.29 is 49.1 Å². The molecule has 10 nitrogen and oxygen atoms in total. The lowest BCUT2D eigenvalue weighted by atomic mass is 9.99. The van der Waals surface area contributed by atoms with Gasteiger partial charge < -0.3 is 29.9 Å². The standard InChI is InChI=1S/C19H18O8.C18H32O2/c1-8-5-13(26-4)11(7-20)17(22)14(8)19(25)27-12-6-9(2)16(21)15(10(12)3)18(23)24;19-18(20)16-10-8-6-4-2-1-3-5-7-9-13-17-14-11-12-15-17/h5-7,21-22H,1-4H3,(H,23,24);11,14,17H,1-10,12-13,15-16H2,(H,19,20). The predicted octanol–water partition coefficient (Wildman–Crippen LogP) is 8.48. The number of allylic oxidation sites excluding steroid dienone is 2. The van der Waals surface area contributed by atoms with Crippen molar-refractivity contribution in [1.29, 1.82) is 0 Å². The van der Waals surface area contributed by atoms with E-state index in [9.17, 15) is 34.5 Å². The largest absolute Gasteiger partial charge is 0.507 e. The maximum absolute atomic E-state index is 12.6. The lowest BCUT2D eigenvalue weighted by Gasteiger charge is -2.16. The van der Waals surface area contributed by atoms with Crippen LogP contribution in [0.3, 0.4) is 0 Å². The van der Waals surface area contributed by atoms with Crippen LogP contribution in [0.15, 0.2) is 24.3 Å². The van der Waals surface area contributed by atoms with Gasteiger partial charge in [-0.1, -0.05) is 69.9 Å².